The molecule has 2 aliphatic rings. The van der Waals surface area contributed by atoms with Crippen molar-refractivity contribution in [1.82, 2.24) is 20.4 Å². The van der Waals surface area contributed by atoms with Gasteiger partial charge in [-0.25, -0.2) is 0 Å². The van der Waals surface area contributed by atoms with E-state index in [0.29, 0.717) is 11.9 Å². The third-order valence-corrected chi connectivity index (χ3v) is 5.53. The highest BCUT2D eigenvalue weighted by Gasteiger charge is 2.20. The predicted molar refractivity (Wildman–Crippen MR) is 124 cm³/mol. The van der Waals surface area contributed by atoms with Crippen molar-refractivity contribution >= 4 is 35.8 Å². The van der Waals surface area contributed by atoms with E-state index in [1.165, 1.54) is 32.2 Å². The van der Waals surface area contributed by atoms with Crippen LogP contribution in [0.15, 0.2) is 4.99 Å². The van der Waals surface area contributed by atoms with Gasteiger partial charge in [0.25, 0.3) is 0 Å². The summed E-state index contributed by atoms with van der Waals surface area (Å²) in [6.07, 6.45) is 9.00. The number of carbonyl (C=O) groups excluding carboxylic acids is 1. The second-order valence-electron chi connectivity index (χ2n) is 7.47. The third-order valence-electron chi connectivity index (χ3n) is 5.53. The lowest BCUT2D eigenvalue weighted by Gasteiger charge is -2.34. The number of likely N-dealkylation sites (N-methyl/N-ethyl adjacent to an activating group) is 1. The minimum absolute atomic E-state index is 0. The molecule has 2 fully saturated rings. The van der Waals surface area contributed by atoms with Gasteiger partial charge in [0.2, 0.25) is 5.91 Å². The van der Waals surface area contributed by atoms with Gasteiger partial charge >= 0.3 is 0 Å². The van der Waals surface area contributed by atoms with E-state index in [2.05, 4.69) is 29.4 Å². The van der Waals surface area contributed by atoms with Crippen LogP contribution in [0.2, 0.25) is 0 Å². The molecule has 0 spiro atoms. The van der Waals surface area contributed by atoms with Gasteiger partial charge in [0.1, 0.15) is 0 Å². The molecular formula is C20H40IN5O. The van der Waals surface area contributed by atoms with E-state index < -0.39 is 0 Å². The molecular weight excluding hydrogens is 453 g/mol. The van der Waals surface area contributed by atoms with Gasteiger partial charge < -0.3 is 15.5 Å². The number of nitrogens with zero attached hydrogens (tertiary/aromatic N) is 3. The number of carbonyl (C=O) groups is 1. The van der Waals surface area contributed by atoms with Crippen molar-refractivity contribution in [2.24, 2.45) is 4.99 Å². The lowest BCUT2D eigenvalue weighted by atomic mass is 10.0. The Hall–Kier alpha value is -0.570. The topological polar surface area (TPSA) is 60.0 Å². The zero-order valence-electron chi connectivity index (χ0n) is 17.3. The first-order chi connectivity index (χ1) is 12.7. The second kappa shape index (κ2) is 14.4. The average Bonchev–Trinajstić information content (AvgIpc) is 2.87. The van der Waals surface area contributed by atoms with Crippen molar-refractivity contribution in [2.75, 3.05) is 45.8 Å². The highest BCUT2D eigenvalue weighted by Crippen LogP contribution is 2.16. The molecule has 158 valence electrons. The Morgan fingerprint density at radius 1 is 1.11 bits per heavy atom. The van der Waals surface area contributed by atoms with Crippen LogP contribution in [0.3, 0.4) is 0 Å². The predicted octanol–water partition coefficient (Wildman–Crippen LogP) is 2.83. The van der Waals surface area contributed by atoms with Crippen LogP contribution in [0.5, 0.6) is 0 Å². The van der Waals surface area contributed by atoms with Gasteiger partial charge in [-0.1, -0.05) is 19.8 Å². The lowest BCUT2D eigenvalue weighted by Crippen LogP contribution is -2.43. The van der Waals surface area contributed by atoms with Crippen molar-refractivity contribution < 1.29 is 4.79 Å². The van der Waals surface area contributed by atoms with Crippen LogP contribution in [0.4, 0.5) is 0 Å². The molecule has 2 heterocycles. The summed E-state index contributed by atoms with van der Waals surface area (Å²) in [5.74, 6) is 1.25. The van der Waals surface area contributed by atoms with Crippen LogP contribution < -0.4 is 10.6 Å². The largest absolute Gasteiger partial charge is 0.357 e. The summed E-state index contributed by atoms with van der Waals surface area (Å²) in [6, 6.07) is 0.582. The SMILES string of the molecule is CCNC(=NCC1CCCCN1CC)NCCCN1CCCCCC1=O.I. The molecule has 0 aromatic carbocycles. The fraction of sp³-hybridized carbons (Fsp3) is 0.900. The van der Waals surface area contributed by atoms with Crippen molar-refractivity contribution in [1.29, 1.82) is 0 Å². The number of guanidine groups is 1. The maximum absolute atomic E-state index is 12.0. The number of amides is 1. The fourth-order valence-electron chi connectivity index (χ4n) is 3.97. The maximum atomic E-state index is 12.0. The Kier molecular flexibility index (Phi) is 13.1. The number of rotatable bonds is 8. The highest BCUT2D eigenvalue weighted by atomic mass is 127. The molecule has 0 radical (unpaired) electrons. The van der Waals surface area contributed by atoms with Gasteiger partial charge in [-0.15, -0.1) is 24.0 Å². The molecule has 6 nitrogen and oxygen atoms in total. The van der Waals surface area contributed by atoms with Gasteiger partial charge in [0.15, 0.2) is 5.96 Å². The van der Waals surface area contributed by atoms with Gasteiger partial charge in [-0.3, -0.25) is 14.7 Å². The van der Waals surface area contributed by atoms with Crippen LogP contribution in [-0.4, -0.2) is 73.5 Å². The Bertz CT molecular complexity index is 446. The molecule has 2 saturated heterocycles. The second-order valence-corrected chi connectivity index (χ2v) is 7.47. The first kappa shape index (κ1) is 24.5. The minimum atomic E-state index is 0. The van der Waals surface area contributed by atoms with Crippen molar-refractivity contribution in [3.05, 3.63) is 0 Å². The Labute approximate surface area is 182 Å². The molecule has 2 rings (SSSR count). The number of nitrogens with one attached hydrogen (secondary N) is 2. The van der Waals surface area contributed by atoms with Crippen molar-refractivity contribution in [2.45, 2.75) is 71.3 Å². The van der Waals surface area contributed by atoms with Gasteiger partial charge in [0, 0.05) is 38.6 Å². The van der Waals surface area contributed by atoms with Crippen LogP contribution in [0.1, 0.15) is 65.2 Å². The fourth-order valence-corrected chi connectivity index (χ4v) is 3.97. The molecule has 7 heteroatoms. The first-order valence-corrected chi connectivity index (χ1v) is 10.8. The van der Waals surface area contributed by atoms with Crippen molar-refractivity contribution in [3.63, 3.8) is 0 Å². The number of hydrogen-bond donors (Lipinski definition) is 2. The van der Waals surface area contributed by atoms with E-state index in [4.69, 9.17) is 4.99 Å². The van der Waals surface area contributed by atoms with Gasteiger partial charge in [-0.2, -0.15) is 0 Å². The van der Waals surface area contributed by atoms with Crippen molar-refractivity contribution in [3.8, 4) is 0 Å². The number of halogens is 1. The van der Waals surface area contributed by atoms with Gasteiger partial charge in [-0.05, 0) is 52.1 Å². The lowest BCUT2D eigenvalue weighted by molar-refractivity contribution is -0.130. The highest BCUT2D eigenvalue weighted by molar-refractivity contribution is 14.0. The monoisotopic (exact) mass is 493 g/mol. The molecule has 0 bridgehead atoms. The summed E-state index contributed by atoms with van der Waals surface area (Å²) >= 11 is 0. The Morgan fingerprint density at radius 2 is 1.93 bits per heavy atom. The van der Waals surface area contributed by atoms with E-state index >= 15 is 0 Å². The normalized spacial score (nSPS) is 22.1. The minimum Gasteiger partial charge on any atom is -0.357 e. The molecule has 2 aliphatic heterocycles. The quantitative estimate of drug-likeness (QED) is 0.236. The average molecular weight is 493 g/mol. The van der Waals surface area contributed by atoms with E-state index in [-0.39, 0.29) is 24.0 Å². The molecule has 0 aromatic rings. The summed E-state index contributed by atoms with van der Waals surface area (Å²) in [4.78, 5) is 21.5. The summed E-state index contributed by atoms with van der Waals surface area (Å²) < 4.78 is 0. The summed E-state index contributed by atoms with van der Waals surface area (Å²) in [7, 11) is 0. The summed E-state index contributed by atoms with van der Waals surface area (Å²) in [6.45, 7) is 11.1. The third kappa shape index (κ3) is 8.98. The number of likely N-dealkylation sites (tertiary alicyclic amines) is 2. The number of aliphatic imine (C=N–C) groups is 1. The molecule has 0 aromatic heterocycles. The number of piperidine rings is 1. The van der Waals surface area contributed by atoms with E-state index in [0.717, 1.165) is 70.9 Å². The Morgan fingerprint density at radius 3 is 2.70 bits per heavy atom. The first-order valence-electron chi connectivity index (χ1n) is 10.8. The zero-order valence-corrected chi connectivity index (χ0v) is 19.7. The van der Waals surface area contributed by atoms with Crippen LogP contribution in [0.25, 0.3) is 0 Å². The van der Waals surface area contributed by atoms with Crippen LogP contribution in [0, 0.1) is 0 Å². The standard InChI is InChI=1S/C20H39N5O.HI/c1-3-21-20(23-17-18-11-7-9-14-24(18)4-2)22-13-10-16-25-15-8-5-6-12-19(25)26;/h18H,3-17H2,1-2H3,(H2,21,22,23);1H. The molecule has 2 N–H and O–H groups in total. The number of hydrogen-bond acceptors (Lipinski definition) is 3. The smallest absolute Gasteiger partial charge is 0.222 e. The molecule has 27 heavy (non-hydrogen) atoms. The Balaban J connectivity index is 0.00000364. The molecule has 1 amide bonds. The maximum Gasteiger partial charge on any atom is 0.222 e. The van der Waals surface area contributed by atoms with E-state index in [9.17, 15) is 4.79 Å². The summed E-state index contributed by atoms with van der Waals surface area (Å²) in [5, 5.41) is 6.80. The molecule has 1 atom stereocenters. The molecule has 0 aliphatic carbocycles. The van der Waals surface area contributed by atoms with E-state index in [1.54, 1.807) is 0 Å². The van der Waals surface area contributed by atoms with Crippen LogP contribution in [-0.2, 0) is 4.79 Å². The summed E-state index contributed by atoms with van der Waals surface area (Å²) in [5.41, 5.74) is 0. The zero-order chi connectivity index (χ0) is 18.6. The van der Waals surface area contributed by atoms with Gasteiger partial charge in [0.05, 0.1) is 6.54 Å². The van der Waals surface area contributed by atoms with E-state index in [1.807, 2.05) is 4.90 Å². The van der Waals surface area contributed by atoms with Crippen LogP contribution >= 0.6 is 24.0 Å². The molecule has 1 unspecified atom stereocenters. The molecule has 0 saturated carbocycles.